The van der Waals surface area contributed by atoms with E-state index < -0.39 is 5.97 Å². The van der Waals surface area contributed by atoms with Gasteiger partial charge in [-0.2, -0.15) is 0 Å². The average Bonchev–Trinajstić information content (AvgIpc) is 2.65. The van der Waals surface area contributed by atoms with E-state index in [9.17, 15) is 9.59 Å². The molecule has 0 bridgehead atoms. The summed E-state index contributed by atoms with van der Waals surface area (Å²) in [7, 11) is 0. The second kappa shape index (κ2) is 6.20. The van der Waals surface area contributed by atoms with Crippen molar-refractivity contribution in [3.8, 4) is 5.75 Å². The quantitative estimate of drug-likeness (QED) is 0.400. The van der Waals surface area contributed by atoms with Crippen molar-refractivity contribution < 1.29 is 13.9 Å². The highest BCUT2D eigenvalue weighted by molar-refractivity contribution is 5.92. The molecule has 3 aromatic rings. The van der Waals surface area contributed by atoms with Gasteiger partial charge in [0.05, 0.1) is 5.56 Å². The Labute approximate surface area is 145 Å². The lowest BCUT2D eigenvalue weighted by molar-refractivity contribution is 0.0733. The molecule has 25 heavy (non-hydrogen) atoms. The number of aryl methyl sites for hydroxylation is 2. The summed E-state index contributed by atoms with van der Waals surface area (Å²) >= 11 is 0. The van der Waals surface area contributed by atoms with Crippen molar-refractivity contribution in [2.45, 2.75) is 32.6 Å². The molecule has 126 valence electrons. The van der Waals surface area contributed by atoms with Gasteiger partial charge >= 0.3 is 11.6 Å². The van der Waals surface area contributed by atoms with Gasteiger partial charge in [0.15, 0.2) is 0 Å². The van der Waals surface area contributed by atoms with E-state index in [4.69, 9.17) is 9.15 Å². The minimum atomic E-state index is -0.427. The molecule has 0 saturated carbocycles. The zero-order valence-electron chi connectivity index (χ0n) is 14.0. The lowest BCUT2D eigenvalue weighted by Gasteiger charge is -2.17. The second-order valence-electron chi connectivity index (χ2n) is 6.37. The molecular formula is C21H18O4. The molecule has 4 rings (SSSR count). The van der Waals surface area contributed by atoms with Gasteiger partial charge in [-0.15, -0.1) is 0 Å². The van der Waals surface area contributed by atoms with Crippen molar-refractivity contribution >= 4 is 16.9 Å². The minimum absolute atomic E-state index is 0.267. The molecule has 0 aliphatic heterocycles. The Balaban J connectivity index is 1.78. The zero-order valence-corrected chi connectivity index (χ0v) is 14.0. The zero-order chi connectivity index (χ0) is 17.4. The number of rotatable bonds is 2. The first-order chi connectivity index (χ1) is 12.1. The van der Waals surface area contributed by atoms with E-state index >= 15 is 0 Å². The number of esters is 1. The minimum Gasteiger partial charge on any atom is -0.423 e. The van der Waals surface area contributed by atoms with Crippen LogP contribution in [0.2, 0.25) is 0 Å². The predicted octanol–water partition coefficient (Wildman–Crippen LogP) is 4.20. The molecule has 0 saturated heterocycles. The van der Waals surface area contributed by atoms with Gasteiger partial charge in [-0.1, -0.05) is 18.2 Å². The van der Waals surface area contributed by atoms with Crippen LogP contribution in [0, 0.1) is 6.92 Å². The van der Waals surface area contributed by atoms with E-state index in [2.05, 4.69) is 0 Å². The van der Waals surface area contributed by atoms with Gasteiger partial charge in [0.1, 0.15) is 11.3 Å². The molecular weight excluding hydrogens is 316 g/mol. The maximum absolute atomic E-state index is 12.3. The van der Waals surface area contributed by atoms with E-state index in [1.54, 1.807) is 30.3 Å². The molecule has 0 unspecified atom stereocenters. The van der Waals surface area contributed by atoms with Crippen LogP contribution in [-0.2, 0) is 12.8 Å². The van der Waals surface area contributed by atoms with Gasteiger partial charge in [-0.3, -0.25) is 0 Å². The first kappa shape index (κ1) is 15.6. The van der Waals surface area contributed by atoms with Gasteiger partial charge in [0.25, 0.3) is 0 Å². The molecule has 4 nitrogen and oxygen atoms in total. The molecule has 1 aromatic heterocycles. The fourth-order valence-corrected chi connectivity index (χ4v) is 3.47. The topological polar surface area (TPSA) is 56.5 Å². The lowest BCUT2D eigenvalue weighted by atomic mass is 9.90. The van der Waals surface area contributed by atoms with Crippen molar-refractivity contribution in [1.82, 2.24) is 0 Å². The van der Waals surface area contributed by atoms with E-state index in [1.165, 1.54) is 0 Å². The summed E-state index contributed by atoms with van der Waals surface area (Å²) in [4.78, 5) is 24.6. The molecule has 4 heteroatoms. The number of carbonyl (C=O) groups excluding carboxylic acids is 1. The van der Waals surface area contributed by atoms with Gasteiger partial charge in [-0.25, -0.2) is 9.59 Å². The van der Waals surface area contributed by atoms with Crippen LogP contribution in [-0.4, -0.2) is 5.97 Å². The summed E-state index contributed by atoms with van der Waals surface area (Å²) in [5.41, 5.74) is 3.29. The number of fused-ring (bicyclic) bond motifs is 3. The third kappa shape index (κ3) is 2.74. The van der Waals surface area contributed by atoms with Crippen LogP contribution in [0.4, 0.5) is 0 Å². The summed E-state index contributed by atoms with van der Waals surface area (Å²) in [6.07, 6.45) is 3.77. The Morgan fingerprint density at radius 2 is 1.72 bits per heavy atom. The van der Waals surface area contributed by atoms with Gasteiger partial charge in [0.2, 0.25) is 0 Å². The third-order valence-corrected chi connectivity index (χ3v) is 4.80. The summed E-state index contributed by atoms with van der Waals surface area (Å²) in [5, 5.41) is 0.950. The molecule has 2 aromatic carbocycles. The van der Waals surface area contributed by atoms with Crippen LogP contribution in [0.25, 0.3) is 11.0 Å². The fraction of sp³-hybridized carbons (Fsp3) is 0.238. The fourth-order valence-electron chi connectivity index (χ4n) is 3.47. The number of hydrogen-bond donors (Lipinski definition) is 0. The van der Waals surface area contributed by atoms with Gasteiger partial charge in [0, 0.05) is 16.5 Å². The maximum atomic E-state index is 12.3. The maximum Gasteiger partial charge on any atom is 0.343 e. The molecule has 1 heterocycles. The van der Waals surface area contributed by atoms with Crippen LogP contribution < -0.4 is 10.4 Å². The number of carbonyl (C=O) groups is 1. The SMILES string of the molecule is Cc1c(OC(=O)c2ccccc2)ccc2c3c(c(=O)oc12)CCCC3. The Kier molecular flexibility index (Phi) is 3.88. The monoisotopic (exact) mass is 334 g/mol. The smallest absolute Gasteiger partial charge is 0.343 e. The normalized spacial score (nSPS) is 13.5. The van der Waals surface area contributed by atoms with Crippen molar-refractivity contribution in [2.24, 2.45) is 0 Å². The Hall–Kier alpha value is -2.88. The van der Waals surface area contributed by atoms with E-state index in [-0.39, 0.29) is 5.63 Å². The highest BCUT2D eigenvalue weighted by Crippen LogP contribution is 2.32. The van der Waals surface area contributed by atoms with Crippen molar-refractivity contribution in [2.75, 3.05) is 0 Å². The van der Waals surface area contributed by atoms with Crippen molar-refractivity contribution in [3.05, 3.63) is 75.1 Å². The Morgan fingerprint density at radius 1 is 1.00 bits per heavy atom. The van der Waals surface area contributed by atoms with Crippen molar-refractivity contribution in [3.63, 3.8) is 0 Å². The van der Waals surface area contributed by atoms with Crippen LogP contribution in [0.5, 0.6) is 5.75 Å². The van der Waals surface area contributed by atoms with E-state index in [1.807, 2.05) is 19.1 Å². The third-order valence-electron chi connectivity index (χ3n) is 4.80. The van der Waals surface area contributed by atoms with Crippen LogP contribution in [0.15, 0.2) is 51.7 Å². The van der Waals surface area contributed by atoms with Gasteiger partial charge in [-0.05, 0) is 62.4 Å². The lowest BCUT2D eigenvalue weighted by Crippen LogP contribution is -2.16. The van der Waals surface area contributed by atoms with Crippen LogP contribution in [0.3, 0.4) is 0 Å². The highest BCUT2D eigenvalue weighted by Gasteiger charge is 2.20. The first-order valence-electron chi connectivity index (χ1n) is 8.50. The summed E-state index contributed by atoms with van der Waals surface area (Å²) in [6.45, 7) is 1.81. The molecule has 0 N–H and O–H groups in total. The Morgan fingerprint density at radius 3 is 2.48 bits per heavy atom. The van der Waals surface area contributed by atoms with Crippen LogP contribution >= 0.6 is 0 Å². The standard InChI is InChI=1S/C21H18O4/c1-13-18(24-20(22)14-7-3-2-4-8-14)12-11-16-15-9-5-6-10-17(15)21(23)25-19(13)16/h2-4,7-8,11-12H,5-6,9-10H2,1H3. The molecule has 1 aliphatic rings. The molecule has 0 radical (unpaired) electrons. The molecule has 0 spiro atoms. The summed E-state index contributed by atoms with van der Waals surface area (Å²) in [5.74, 6) is -0.0105. The summed E-state index contributed by atoms with van der Waals surface area (Å²) in [6, 6.07) is 12.5. The number of benzene rings is 2. The average molecular weight is 334 g/mol. The molecule has 0 amide bonds. The molecule has 0 fully saturated rings. The second-order valence-corrected chi connectivity index (χ2v) is 6.37. The Bertz CT molecular complexity index is 1020. The van der Waals surface area contributed by atoms with Crippen LogP contribution in [0.1, 0.15) is 39.9 Å². The number of hydrogen-bond acceptors (Lipinski definition) is 4. The van der Waals surface area contributed by atoms with E-state index in [0.29, 0.717) is 22.5 Å². The largest absolute Gasteiger partial charge is 0.423 e. The summed E-state index contributed by atoms with van der Waals surface area (Å²) < 4.78 is 11.1. The van der Waals surface area contributed by atoms with Crippen molar-refractivity contribution in [1.29, 1.82) is 0 Å². The van der Waals surface area contributed by atoms with E-state index in [0.717, 1.165) is 42.2 Å². The number of ether oxygens (including phenoxy) is 1. The highest BCUT2D eigenvalue weighted by atomic mass is 16.5. The first-order valence-corrected chi connectivity index (χ1v) is 8.50. The predicted molar refractivity (Wildman–Crippen MR) is 95.3 cm³/mol. The molecule has 0 atom stereocenters. The molecule has 1 aliphatic carbocycles. The van der Waals surface area contributed by atoms with Gasteiger partial charge < -0.3 is 9.15 Å².